The molecular weight excluding hydrogens is 520 g/mol. The molecule has 1 fully saturated rings. The lowest BCUT2D eigenvalue weighted by molar-refractivity contribution is -0.122. The number of aryl methyl sites for hydroxylation is 2. The molecule has 4 aromatic rings. The number of amides is 1. The van der Waals surface area contributed by atoms with Crippen molar-refractivity contribution in [2.24, 2.45) is 4.99 Å². The Bertz CT molecular complexity index is 1440. The highest BCUT2D eigenvalue weighted by Gasteiger charge is 2.33. The van der Waals surface area contributed by atoms with Crippen molar-refractivity contribution in [3.05, 3.63) is 117 Å². The second kappa shape index (κ2) is 10.1. The standard InChI is InChI=1S/C29H23BrN2O2S/c1-19-8-11-22(12-9-19)31-29-32(18-21-6-4-3-5-7-21)28(33)27(35-29)17-23-13-15-26(34-23)24-14-10-20(2)16-25(24)30/h3-17H,18H2,1-2H3/b27-17+,31-29?. The lowest BCUT2D eigenvalue weighted by atomic mass is 10.1. The highest BCUT2D eigenvalue weighted by Crippen LogP contribution is 2.37. The summed E-state index contributed by atoms with van der Waals surface area (Å²) in [5, 5.41) is 0.655. The fourth-order valence-corrected chi connectivity index (χ4v) is 5.42. The van der Waals surface area contributed by atoms with Crippen LogP contribution < -0.4 is 0 Å². The van der Waals surface area contributed by atoms with Crippen LogP contribution in [0.1, 0.15) is 22.5 Å². The summed E-state index contributed by atoms with van der Waals surface area (Å²) in [7, 11) is 0. The fraction of sp³-hybridized carbons (Fsp3) is 0.103. The van der Waals surface area contributed by atoms with Gasteiger partial charge >= 0.3 is 0 Å². The van der Waals surface area contributed by atoms with Crippen LogP contribution in [0.2, 0.25) is 0 Å². The van der Waals surface area contributed by atoms with E-state index in [1.807, 2.05) is 92.7 Å². The van der Waals surface area contributed by atoms with Gasteiger partial charge in [-0.2, -0.15) is 0 Å². The van der Waals surface area contributed by atoms with Crippen molar-refractivity contribution >= 4 is 50.5 Å². The Labute approximate surface area is 217 Å². The quantitative estimate of drug-likeness (QED) is 0.239. The highest BCUT2D eigenvalue weighted by molar-refractivity contribution is 9.10. The zero-order valence-corrected chi connectivity index (χ0v) is 21.8. The maximum atomic E-state index is 13.4. The van der Waals surface area contributed by atoms with Crippen LogP contribution in [0, 0.1) is 13.8 Å². The van der Waals surface area contributed by atoms with Gasteiger partial charge in [-0.3, -0.25) is 9.69 Å². The number of aliphatic imine (C=N–C) groups is 1. The second-order valence-electron chi connectivity index (χ2n) is 8.40. The van der Waals surface area contributed by atoms with Crippen molar-refractivity contribution < 1.29 is 9.21 Å². The molecule has 0 N–H and O–H groups in total. The Morgan fingerprint density at radius 3 is 2.43 bits per heavy atom. The van der Waals surface area contributed by atoms with Gasteiger partial charge in [0.2, 0.25) is 0 Å². The molecule has 3 aromatic carbocycles. The lowest BCUT2D eigenvalue weighted by Crippen LogP contribution is -2.28. The number of amidine groups is 1. The van der Waals surface area contributed by atoms with E-state index in [-0.39, 0.29) is 5.91 Å². The summed E-state index contributed by atoms with van der Waals surface area (Å²) >= 11 is 4.99. The first-order chi connectivity index (χ1) is 17.0. The summed E-state index contributed by atoms with van der Waals surface area (Å²) in [6, 6.07) is 27.9. The van der Waals surface area contributed by atoms with Crippen LogP contribution in [-0.4, -0.2) is 16.0 Å². The van der Waals surface area contributed by atoms with Gasteiger partial charge in [0.15, 0.2) is 5.17 Å². The molecule has 1 saturated heterocycles. The summed E-state index contributed by atoms with van der Waals surface area (Å²) < 4.78 is 7.06. The van der Waals surface area contributed by atoms with E-state index in [1.54, 1.807) is 11.0 Å². The normalized spacial score (nSPS) is 16.0. The molecule has 4 nitrogen and oxygen atoms in total. The van der Waals surface area contributed by atoms with Crippen molar-refractivity contribution in [2.45, 2.75) is 20.4 Å². The first-order valence-electron chi connectivity index (χ1n) is 11.2. The molecule has 0 unspecified atom stereocenters. The molecular formula is C29H23BrN2O2S. The summed E-state index contributed by atoms with van der Waals surface area (Å²) in [5.74, 6) is 1.28. The predicted molar refractivity (Wildman–Crippen MR) is 147 cm³/mol. The Kier molecular flexibility index (Phi) is 6.75. The molecule has 1 aromatic heterocycles. The summed E-state index contributed by atoms with van der Waals surface area (Å²) in [5.41, 5.74) is 5.16. The third-order valence-electron chi connectivity index (χ3n) is 5.62. The molecule has 6 heteroatoms. The fourth-order valence-electron chi connectivity index (χ4n) is 3.75. The van der Waals surface area contributed by atoms with E-state index in [9.17, 15) is 4.79 Å². The summed E-state index contributed by atoms with van der Waals surface area (Å²) in [4.78, 5) is 20.6. The SMILES string of the molecule is Cc1ccc(N=C2S/C(=C/c3ccc(-c4ccc(C)cc4Br)o3)C(=O)N2Cc2ccccc2)cc1. The van der Waals surface area contributed by atoms with Gasteiger partial charge in [-0.05, 0) is 73.1 Å². The molecule has 1 aliphatic rings. The number of hydrogen-bond acceptors (Lipinski definition) is 4. The van der Waals surface area contributed by atoms with Gasteiger partial charge in [-0.25, -0.2) is 4.99 Å². The number of hydrogen-bond donors (Lipinski definition) is 0. The second-order valence-corrected chi connectivity index (χ2v) is 10.3. The first-order valence-corrected chi connectivity index (χ1v) is 12.8. The maximum absolute atomic E-state index is 13.4. The van der Waals surface area contributed by atoms with Gasteiger partial charge in [0.25, 0.3) is 5.91 Å². The number of furan rings is 1. The van der Waals surface area contributed by atoms with Gasteiger partial charge in [-0.15, -0.1) is 0 Å². The molecule has 35 heavy (non-hydrogen) atoms. The molecule has 0 atom stereocenters. The minimum Gasteiger partial charge on any atom is -0.457 e. The Balaban J connectivity index is 1.47. The van der Waals surface area contributed by atoms with Crippen LogP contribution >= 0.6 is 27.7 Å². The third-order valence-corrected chi connectivity index (χ3v) is 7.28. The monoisotopic (exact) mass is 542 g/mol. The molecule has 174 valence electrons. The van der Waals surface area contributed by atoms with Crippen molar-refractivity contribution in [2.75, 3.05) is 0 Å². The first kappa shape index (κ1) is 23.4. The zero-order valence-electron chi connectivity index (χ0n) is 19.4. The third kappa shape index (κ3) is 5.34. The number of carbonyl (C=O) groups excluding carboxylic acids is 1. The predicted octanol–water partition coefficient (Wildman–Crippen LogP) is 8.13. The van der Waals surface area contributed by atoms with E-state index in [1.165, 1.54) is 22.9 Å². The van der Waals surface area contributed by atoms with Crippen molar-refractivity contribution in [1.82, 2.24) is 4.90 Å². The van der Waals surface area contributed by atoms with Crippen LogP contribution in [0.5, 0.6) is 0 Å². The van der Waals surface area contributed by atoms with E-state index in [2.05, 4.69) is 22.0 Å². The van der Waals surface area contributed by atoms with Crippen LogP contribution in [0.3, 0.4) is 0 Å². The van der Waals surface area contributed by atoms with E-state index >= 15 is 0 Å². The van der Waals surface area contributed by atoms with Gasteiger partial charge < -0.3 is 4.42 Å². The maximum Gasteiger partial charge on any atom is 0.267 e. The van der Waals surface area contributed by atoms with E-state index in [4.69, 9.17) is 9.41 Å². The number of thioether (sulfide) groups is 1. The van der Waals surface area contributed by atoms with E-state index < -0.39 is 0 Å². The van der Waals surface area contributed by atoms with E-state index in [0.717, 1.165) is 27.0 Å². The molecule has 2 heterocycles. The average Bonchev–Trinajstić information content (AvgIpc) is 3.42. The van der Waals surface area contributed by atoms with Crippen LogP contribution in [0.15, 0.2) is 104 Å². The molecule has 0 spiro atoms. The number of benzene rings is 3. The number of carbonyl (C=O) groups is 1. The largest absolute Gasteiger partial charge is 0.457 e. The number of nitrogens with zero attached hydrogens (tertiary/aromatic N) is 2. The zero-order chi connectivity index (χ0) is 24.4. The highest BCUT2D eigenvalue weighted by atomic mass is 79.9. The minimum absolute atomic E-state index is 0.0841. The van der Waals surface area contributed by atoms with Gasteiger partial charge in [0.05, 0.1) is 17.1 Å². The molecule has 5 rings (SSSR count). The molecule has 0 aliphatic carbocycles. The minimum atomic E-state index is -0.0841. The summed E-state index contributed by atoms with van der Waals surface area (Å²) in [6.45, 7) is 4.54. The van der Waals surface area contributed by atoms with Crippen LogP contribution in [0.4, 0.5) is 5.69 Å². The average molecular weight is 543 g/mol. The van der Waals surface area contributed by atoms with Crippen molar-refractivity contribution in [3.8, 4) is 11.3 Å². The Morgan fingerprint density at radius 2 is 1.69 bits per heavy atom. The topological polar surface area (TPSA) is 45.8 Å². The molecule has 0 radical (unpaired) electrons. The Hall–Kier alpha value is -3.35. The van der Waals surface area contributed by atoms with Crippen molar-refractivity contribution in [3.63, 3.8) is 0 Å². The number of rotatable bonds is 5. The molecule has 0 saturated carbocycles. The van der Waals surface area contributed by atoms with E-state index in [0.29, 0.717) is 22.4 Å². The Morgan fingerprint density at radius 1 is 0.943 bits per heavy atom. The van der Waals surface area contributed by atoms with Gasteiger partial charge in [0.1, 0.15) is 11.5 Å². The summed E-state index contributed by atoms with van der Waals surface area (Å²) in [6.07, 6.45) is 1.80. The molecule has 1 amide bonds. The number of halogens is 1. The molecule has 1 aliphatic heterocycles. The van der Waals surface area contributed by atoms with Crippen molar-refractivity contribution in [1.29, 1.82) is 0 Å². The van der Waals surface area contributed by atoms with Gasteiger partial charge in [0, 0.05) is 16.1 Å². The smallest absolute Gasteiger partial charge is 0.267 e. The van der Waals surface area contributed by atoms with Gasteiger partial charge in [-0.1, -0.05) is 70.0 Å². The van der Waals surface area contributed by atoms with Crippen LogP contribution in [-0.2, 0) is 11.3 Å². The lowest BCUT2D eigenvalue weighted by Gasteiger charge is -2.15. The molecule has 0 bridgehead atoms. The van der Waals surface area contributed by atoms with Crippen LogP contribution in [0.25, 0.3) is 17.4 Å².